The van der Waals surface area contributed by atoms with Gasteiger partial charge in [0, 0.05) is 38.7 Å². The molecule has 2 aliphatic rings. The van der Waals surface area contributed by atoms with Crippen molar-refractivity contribution in [1.82, 2.24) is 14.5 Å². The molecule has 0 unspecified atom stereocenters. The predicted molar refractivity (Wildman–Crippen MR) is 275 cm³/mol. The van der Waals surface area contributed by atoms with Gasteiger partial charge in [-0.2, -0.15) is 0 Å². The summed E-state index contributed by atoms with van der Waals surface area (Å²) in [6.07, 6.45) is 8.86. The van der Waals surface area contributed by atoms with Gasteiger partial charge in [0.15, 0.2) is 5.82 Å². The average molecular weight is 846 g/mol. The molecular weight excluding hydrogens is 799 g/mol. The number of para-hydroxylation sites is 1. The van der Waals surface area contributed by atoms with E-state index < -0.39 is 0 Å². The molecule has 314 valence electrons. The van der Waals surface area contributed by atoms with Crippen molar-refractivity contribution in [1.29, 1.82) is 0 Å². The molecule has 0 radical (unpaired) electrons. The van der Waals surface area contributed by atoms with Crippen molar-refractivity contribution in [2.24, 2.45) is 0 Å². The normalized spacial score (nSPS) is 13.6. The molecule has 10 aromatic rings. The van der Waals surface area contributed by atoms with Gasteiger partial charge >= 0.3 is 0 Å². The molecule has 0 saturated heterocycles. The summed E-state index contributed by atoms with van der Waals surface area (Å²) in [7, 11) is 0. The number of hydrogen-bond acceptors (Lipinski definition) is 2. The van der Waals surface area contributed by atoms with Crippen LogP contribution in [0, 0.1) is 0 Å². The molecule has 3 nitrogen and oxygen atoms in total. The van der Waals surface area contributed by atoms with Crippen molar-refractivity contribution < 1.29 is 0 Å². The van der Waals surface area contributed by atoms with Crippen molar-refractivity contribution in [3.63, 3.8) is 0 Å². The van der Waals surface area contributed by atoms with Crippen molar-refractivity contribution in [2.45, 2.75) is 32.1 Å². The number of rotatable bonds is 8. The first-order valence-corrected chi connectivity index (χ1v) is 23.0. The first-order chi connectivity index (χ1) is 32.5. The van der Waals surface area contributed by atoms with Crippen LogP contribution in [0.4, 0.5) is 0 Å². The van der Waals surface area contributed by atoms with Crippen LogP contribution in [0.15, 0.2) is 224 Å². The Bertz CT molecular complexity index is 3500. The smallest absolute Gasteiger partial charge is 0.160 e. The third-order valence-corrected chi connectivity index (χ3v) is 13.7. The molecule has 0 spiro atoms. The van der Waals surface area contributed by atoms with Gasteiger partial charge in [-0.15, -0.1) is 0 Å². The monoisotopic (exact) mass is 845 g/mol. The molecule has 0 bridgehead atoms. The van der Waals surface area contributed by atoms with Crippen molar-refractivity contribution >= 4 is 16.5 Å². The maximum Gasteiger partial charge on any atom is 0.160 e. The fraction of sp³-hybridized carbons (Fsp3) is 0.0794. The van der Waals surface area contributed by atoms with Crippen LogP contribution in [0.2, 0.25) is 0 Å². The fourth-order valence-electron chi connectivity index (χ4n) is 10.5. The standard InChI is InChI=1S/C63H47N3/c1-63(2)54-29-16-15-28-52(54)53-38-39-57-59(60(53)63)58(61(47-20-9-4-10-21-47)66(57)51-26-13-6-14-27-51)46-36-32-44(33-37-46)49-24-17-25-50(40-49)56-41-55(64-62(65-56)48-22-11-5-12-23-48)45-34-30-43(31-35-45)42-18-7-3-8-19-42/h3-9,11-20,22-41H,10,21H2,1-2H3. The summed E-state index contributed by atoms with van der Waals surface area (Å²) >= 11 is 0. The summed E-state index contributed by atoms with van der Waals surface area (Å²) in [6, 6.07) is 74.3. The number of hydrogen-bond donors (Lipinski definition) is 0. The Morgan fingerprint density at radius 2 is 1.05 bits per heavy atom. The van der Waals surface area contributed by atoms with Crippen LogP contribution in [0.1, 0.15) is 43.5 Å². The summed E-state index contributed by atoms with van der Waals surface area (Å²) in [5.74, 6) is 0.705. The largest absolute Gasteiger partial charge is 0.309 e. The molecule has 0 N–H and O–H groups in total. The van der Waals surface area contributed by atoms with Crippen molar-refractivity contribution in [3.05, 3.63) is 241 Å². The molecular formula is C63H47N3. The minimum Gasteiger partial charge on any atom is -0.309 e. The van der Waals surface area contributed by atoms with Crippen LogP contribution in [0.25, 0.3) is 101 Å². The van der Waals surface area contributed by atoms with Gasteiger partial charge in [0.25, 0.3) is 0 Å². The molecule has 0 amide bonds. The Hall–Kier alpha value is -8.14. The predicted octanol–water partition coefficient (Wildman–Crippen LogP) is 16.5. The molecule has 0 atom stereocenters. The van der Waals surface area contributed by atoms with Crippen LogP contribution >= 0.6 is 0 Å². The molecule has 2 heterocycles. The summed E-state index contributed by atoms with van der Waals surface area (Å²) < 4.78 is 2.53. The lowest BCUT2D eigenvalue weighted by Gasteiger charge is -2.23. The third kappa shape index (κ3) is 6.75. The minimum atomic E-state index is -0.186. The number of allylic oxidation sites excluding steroid dienone is 4. The topological polar surface area (TPSA) is 30.7 Å². The van der Waals surface area contributed by atoms with E-state index in [9.17, 15) is 0 Å². The van der Waals surface area contributed by atoms with Crippen LogP contribution < -0.4 is 0 Å². The average Bonchev–Trinajstić information content (AvgIpc) is 3.86. The van der Waals surface area contributed by atoms with E-state index in [1.165, 1.54) is 72.4 Å². The minimum absolute atomic E-state index is 0.186. The number of nitrogens with zero attached hydrogens (tertiary/aromatic N) is 3. The lowest BCUT2D eigenvalue weighted by molar-refractivity contribution is 0.666. The molecule has 8 aromatic carbocycles. The van der Waals surface area contributed by atoms with Gasteiger partial charge in [0.1, 0.15) is 0 Å². The highest BCUT2D eigenvalue weighted by atomic mass is 15.0. The van der Waals surface area contributed by atoms with Crippen molar-refractivity contribution in [2.75, 3.05) is 0 Å². The molecule has 0 aliphatic heterocycles. The first kappa shape index (κ1) is 39.5. The highest BCUT2D eigenvalue weighted by Gasteiger charge is 2.39. The second kappa shape index (κ2) is 16.1. The van der Waals surface area contributed by atoms with Gasteiger partial charge < -0.3 is 4.57 Å². The maximum absolute atomic E-state index is 5.20. The zero-order valence-corrected chi connectivity index (χ0v) is 37.1. The Kier molecular flexibility index (Phi) is 9.65. The van der Waals surface area contributed by atoms with Gasteiger partial charge in [-0.05, 0) is 98.8 Å². The zero-order chi connectivity index (χ0) is 44.2. The Morgan fingerprint density at radius 1 is 0.470 bits per heavy atom. The van der Waals surface area contributed by atoms with E-state index in [0.717, 1.165) is 52.0 Å². The lowest BCUT2D eigenvalue weighted by atomic mass is 9.79. The van der Waals surface area contributed by atoms with Gasteiger partial charge in [-0.25, -0.2) is 9.97 Å². The Morgan fingerprint density at radius 3 is 1.76 bits per heavy atom. The summed E-state index contributed by atoms with van der Waals surface area (Å²) in [5.41, 5.74) is 22.3. The SMILES string of the molecule is CC1(C)c2ccccc2-c2ccc3c(c(-c4ccc(-c5cccc(-c6cc(-c7ccc(-c8ccccc8)cc7)nc(-c7ccccc7)n6)c5)cc4)c(C4=CC=CCC4)n3-c3ccccc3)c21. The van der Waals surface area contributed by atoms with E-state index in [4.69, 9.17) is 9.97 Å². The lowest BCUT2D eigenvalue weighted by Crippen LogP contribution is -2.15. The molecule has 12 rings (SSSR count). The molecule has 0 fully saturated rings. The second-order valence-electron chi connectivity index (χ2n) is 18.0. The highest BCUT2D eigenvalue weighted by molar-refractivity contribution is 6.10. The van der Waals surface area contributed by atoms with Gasteiger partial charge in [-0.3, -0.25) is 0 Å². The van der Waals surface area contributed by atoms with Crippen LogP contribution in [0.5, 0.6) is 0 Å². The second-order valence-corrected chi connectivity index (χ2v) is 18.0. The number of aromatic nitrogens is 3. The Labute approximate surface area is 386 Å². The molecule has 2 aromatic heterocycles. The summed E-state index contributed by atoms with van der Waals surface area (Å²) in [5, 5.41) is 1.33. The van der Waals surface area contributed by atoms with Gasteiger partial charge in [-0.1, -0.05) is 208 Å². The highest BCUT2D eigenvalue weighted by Crippen LogP contribution is 2.55. The summed E-state index contributed by atoms with van der Waals surface area (Å²) in [6.45, 7) is 4.81. The van der Waals surface area contributed by atoms with Gasteiger partial charge in [0.2, 0.25) is 0 Å². The summed E-state index contributed by atoms with van der Waals surface area (Å²) in [4.78, 5) is 10.3. The van der Waals surface area contributed by atoms with E-state index in [-0.39, 0.29) is 5.41 Å². The molecule has 3 heteroatoms. The van der Waals surface area contributed by atoms with Crippen LogP contribution in [0.3, 0.4) is 0 Å². The third-order valence-electron chi connectivity index (χ3n) is 13.7. The zero-order valence-electron chi connectivity index (χ0n) is 37.1. The van der Waals surface area contributed by atoms with Crippen molar-refractivity contribution in [3.8, 4) is 84.1 Å². The quantitative estimate of drug-likeness (QED) is 0.153. The molecule has 0 saturated carbocycles. The first-order valence-electron chi connectivity index (χ1n) is 23.0. The van der Waals surface area contributed by atoms with E-state index >= 15 is 0 Å². The van der Waals surface area contributed by atoms with Crippen LogP contribution in [-0.4, -0.2) is 14.5 Å². The fourth-order valence-corrected chi connectivity index (χ4v) is 10.5. The maximum atomic E-state index is 5.20. The van der Waals surface area contributed by atoms with E-state index in [1.54, 1.807) is 0 Å². The van der Waals surface area contributed by atoms with E-state index in [0.29, 0.717) is 5.82 Å². The van der Waals surface area contributed by atoms with E-state index in [1.807, 2.05) is 18.2 Å². The molecule has 66 heavy (non-hydrogen) atoms. The number of benzene rings is 8. The van der Waals surface area contributed by atoms with Gasteiger partial charge in [0.05, 0.1) is 22.6 Å². The van der Waals surface area contributed by atoms with E-state index in [2.05, 4.69) is 225 Å². The Balaban J connectivity index is 0.988. The molecule has 2 aliphatic carbocycles. The van der Waals surface area contributed by atoms with Crippen LogP contribution in [-0.2, 0) is 5.41 Å². The number of fused-ring (bicyclic) bond motifs is 5.